The van der Waals surface area contributed by atoms with E-state index in [9.17, 15) is 8.42 Å². The molecule has 0 spiro atoms. The summed E-state index contributed by atoms with van der Waals surface area (Å²) in [5.74, 6) is 0.642. The lowest BCUT2D eigenvalue weighted by Crippen LogP contribution is -2.25. The first-order valence-electron chi connectivity index (χ1n) is 5.13. The Bertz CT molecular complexity index is 509. The van der Waals surface area contributed by atoms with Gasteiger partial charge in [-0.3, -0.25) is 4.31 Å². The zero-order chi connectivity index (χ0) is 11.9. The predicted octanol–water partition coefficient (Wildman–Crippen LogP) is 2.56. The van der Waals surface area contributed by atoms with E-state index in [1.54, 1.807) is 7.05 Å². The van der Waals surface area contributed by atoms with Gasteiger partial charge >= 0.3 is 0 Å². The highest BCUT2D eigenvalue weighted by Gasteiger charge is 2.25. The van der Waals surface area contributed by atoms with Gasteiger partial charge in [0.1, 0.15) is 0 Å². The van der Waals surface area contributed by atoms with Gasteiger partial charge in [-0.05, 0) is 59.0 Å². The van der Waals surface area contributed by atoms with Gasteiger partial charge in [0.05, 0.1) is 11.9 Å². The summed E-state index contributed by atoms with van der Waals surface area (Å²) in [6, 6.07) is 6.09. The monoisotopic (exact) mass is 351 g/mol. The summed E-state index contributed by atoms with van der Waals surface area (Å²) in [5, 5.41) is 0. The Morgan fingerprint density at radius 1 is 1.38 bits per heavy atom. The lowest BCUT2D eigenvalue weighted by atomic mass is 10.1. The van der Waals surface area contributed by atoms with Crippen LogP contribution < -0.4 is 4.31 Å². The minimum absolute atomic E-state index is 0.642. The van der Waals surface area contributed by atoms with E-state index in [0.29, 0.717) is 5.92 Å². The van der Waals surface area contributed by atoms with Crippen molar-refractivity contribution in [2.45, 2.75) is 18.8 Å². The fourth-order valence-electron chi connectivity index (χ4n) is 1.62. The van der Waals surface area contributed by atoms with Crippen LogP contribution in [0.4, 0.5) is 5.69 Å². The van der Waals surface area contributed by atoms with Crippen molar-refractivity contribution in [1.29, 1.82) is 0 Å². The van der Waals surface area contributed by atoms with E-state index in [2.05, 4.69) is 28.7 Å². The van der Waals surface area contributed by atoms with Crippen LogP contribution in [0.15, 0.2) is 18.2 Å². The SMILES string of the molecule is CN(c1cc(C2CC2)ccc1I)S(C)(=O)=O. The summed E-state index contributed by atoms with van der Waals surface area (Å²) in [7, 11) is -1.57. The molecule has 0 amide bonds. The molecule has 0 N–H and O–H groups in total. The van der Waals surface area contributed by atoms with E-state index in [4.69, 9.17) is 0 Å². The van der Waals surface area contributed by atoms with Crippen LogP contribution in [0.1, 0.15) is 24.3 Å². The Morgan fingerprint density at radius 3 is 2.50 bits per heavy atom. The van der Waals surface area contributed by atoms with E-state index in [-0.39, 0.29) is 0 Å². The van der Waals surface area contributed by atoms with Crippen LogP contribution >= 0.6 is 22.6 Å². The van der Waals surface area contributed by atoms with Crippen LogP contribution in [0.3, 0.4) is 0 Å². The van der Waals surface area contributed by atoms with E-state index in [1.807, 2.05) is 12.1 Å². The predicted molar refractivity (Wildman–Crippen MR) is 74.4 cm³/mol. The Morgan fingerprint density at radius 2 is 2.00 bits per heavy atom. The molecule has 1 aliphatic rings. The van der Waals surface area contributed by atoms with Gasteiger partial charge in [-0.25, -0.2) is 8.42 Å². The molecular formula is C11H14INO2S. The summed E-state index contributed by atoms with van der Waals surface area (Å²) >= 11 is 2.17. The third-order valence-electron chi connectivity index (χ3n) is 2.86. The van der Waals surface area contributed by atoms with E-state index < -0.39 is 10.0 Å². The van der Waals surface area contributed by atoms with Gasteiger partial charge < -0.3 is 0 Å². The Balaban J connectivity index is 2.42. The van der Waals surface area contributed by atoms with Crippen molar-refractivity contribution in [3.63, 3.8) is 0 Å². The summed E-state index contributed by atoms with van der Waals surface area (Å²) in [6.07, 6.45) is 3.68. The topological polar surface area (TPSA) is 37.4 Å². The van der Waals surface area contributed by atoms with Crippen molar-refractivity contribution in [2.24, 2.45) is 0 Å². The maximum atomic E-state index is 11.5. The van der Waals surface area contributed by atoms with Crippen molar-refractivity contribution < 1.29 is 8.42 Å². The number of rotatable bonds is 3. The van der Waals surface area contributed by atoms with Gasteiger partial charge in [0.2, 0.25) is 10.0 Å². The third kappa shape index (κ3) is 2.51. The number of hydrogen-bond donors (Lipinski definition) is 0. The van der Waals surface area contributed by atoms with E-state index >= 15 is 0 Å². The molecule has 1 saturated carbocycles. The molecule has 0 radical (unpaired) electrons. The smallest absolute Gasteiger partial charge is 0.232 e. The largest absolute Gasteiger partial charge is 0.272 e. The number of halogens is 1. The normalized spacial score (nSPS) is 16.2. The second-order valence-electron chi connectivity index (χ2n) is 4.22. The van der Waals surface area contributed by atoms with Gasteiger partial charge in [-0.15, -0.1) is 0 Å². The molecule has 16 heavy (non-hydrogen) atoms. The highest BCUT2D eigenvalue weighted by molar-refractivity contribution is 14.1. The molecular weight excluding hydrogens is 337 g/mol. The summed E-state index contributed by atoms with van der Waals surface area (Å²) in [6.45, 7) is 0. The van der Waals surface area contributed by atoms with Crippen LogP contribution in [-0.4, -0.2) is 21.7 Å². The molecule has 0 bridgehead atoms. The third-order valence-corrected chi connectivity index (χ3v) is 4.96. The van der Waals surface area contributed by atoms with Crippen LogP contribution in [0, 0.1) is 3.57 Å². The second-order valence-corrected chi connectivity index (χ2v) is 7.39. The van der Waals surface area contributed by atoms with Crippen molar-refractivity contribution in [2.75, 3.05) is 17.6 Å². The molecule has 0 atom stereocenters. The van der Waals surface area contributed by atoms with Crippen molar-refractivity contribution in [3.8, 4) is 0 Å². The molecule has 0 aliphatic heterocycles. The highest BCUT2D eigenvalue weighted by atomic mass is 127. The van der Waals surface area contributed by atoms with Gasteiger partial charge in [0, 0.05) is 10.6 Å². The Labute approximate surface area is 110 Å². The van der Waals surface area contributed by atoms with Crippen molar-refractivity contribution >= 4 is 38.3 Å². The maximum absolute atomic E-state index is 11.5. The molecule has 0 unspecified atom stereocenters. The van der Waals surface area contributed by atoms with Gasteiger partial charge in [0.25, 0.3) is 0 Å². The Kier molecular flexibility index (Phi) is 3.18. The number of sulfonamides is 1. The van der Waals surface area contributed by atoms with Crippen LogP contribution in [0.25, 0.3) is 0 Å². The molecule has 1 fully saturated rings. The fourth-order valence-corrected chi connectivity index (χ4v) is 2.99. The van der Waals surface area contributed by atoms with E-state index in [0.717, 1.165) is 9.26 Å². The van der Waals surface area contributed by atoms with Crippen LogP contribution in [0.2, 0.25) is 0 Å². The molecule has 1 aromatic rings. The molecule has 0 saturated heterocycles. The van der Waals surface area contributed by atoms with Crippen LogP contribution in [0.5, 0.6) is 0 Å². The molecule has 3 nitrogen and oxygen atoms in total. The number of anilines is 1. The minimum atomic E-state index is -3.17. The van der Waals surface area contributed by atoms with E-state index in [1.165, 1.54) is 29.0 Å². The summed E-state index contributed by atoms with van der Waals surface area (Å²) in [5.41, 5.74) is 2.04. The first kappa shape index (κ1) is 12.2. The molecule has 1 aromatic carbocycles. The minimum Gasteiger partial charge on any atom is -0.272 e. The quantitative estimate of drug-likeness (QED) is 0.785. The average Bonchev–Trinajstić information content (AvgIpc) is 2.99. The number of benzene rings is 1. The molecule has 88 valence electrons. The summed E-state index contributed by atoms with van der Waals surface area (Å²) in [4.78, 5) is 0. The number of nitrogens with zero attached hydrogens (tertiary/aromatic N) is 1. The van der Waals surface area contributed by atoms with Gasteiger partial charge in [-0.1, -0.05) is 6.07 Å². The average molecular weight is 351 g/mol. The van der Waals surface area contributed by atoms with Crippen LogP contribution in [-0.2, 0) is 10.0 Å². The molecule has 0 aromatic heterocycles. The molecule has 0 heterocycles. The number of hydrogen-bond acceptors (Lipinski definition) is 2. The fraction of sp³-hybridized carbons (Fsp3) is 0.455. The molecule has 1 aliphatic carbocycles. The summed E-state index contributed by atoms with van der Waals surface area (Å²) < 4.78 is 25.3. The highest BCUT2D eigenvalue weighted by Crippen LogP contribution is 2.41. The zero-order valence-corrected chi connectivity index (χ0v) is 12.2. The first-order valence-corrected chi connectivity index (χ1v) is 8.05. The Hall–Kier alpha value is -0.300. The van der Waals surface area contributed by atoms with Crippen molar-refractivity contribution in [1.82, 2.24) is 0 Å². The van der Waals surface area contributed by atoms with Gasteiger partial charge in [0.15, 0.2) is 0 Å². The van der Waals surface area contributed by atoms with Crippen molar-refractivity contribution in [3.05, 3.63) is 27.3 Å². The lowest BCUT2D eigenvalue weighted by Gasteiger charge is -2.19. The standard InChI is InChI=1S/C11H14INO2S/c1-13(16(2,14)15)11-7-9(8-3-4-8)5-6-10(11)12/h5-8H,3-4H2,1-2H3. The molecule has 5 heteroatoms. The second kappa shape index (κ2) is 4.18. The van der Waals surface area contributed by atoms with Gasteiger partial charge in [-0.2, -0.15) is 0 Å². The lowest BCUT2D eigenvalue weighted by molar-refractivity contribution is 0.600. The first-order chi connectivity index (χ1) is 7.39. The zero-order valence-electron chi connectivity index (χ0n) is 9.27. The molecule has 2 rings (SSSR count). The maximum Gasteiger partial charge on any atom is 0.232 e.